The number of hydrogen-bond donors (Lipinski definition) is 1. The molecular weight excluding hydrogens is 254 g/mol. The maximum atomic E-state index is 11.5. The molecule has 0 saturated heterocycles. The van der Waals surface area contributed by atoms with Gasteiger partial charge in [-0.1, -0.05) is 12.1 Å². The van der Waals surface area contributed by atoms with Crippen molar-refractivity contribution < 1.29 is 14.3 Å². The number of fused-ring (bicyclic) bond motifs is 1. The Balaban J connectivity index is 1.71. The number of hydrogen-bond acceptors (Lipinski definition) is 3. The molecule has 0 fully saturated rings. The van der Waals surface area contributed by atoms with Gasteiger partial charge in [0.15, 0.2) is 0 Å². The maximum Gasteiger partial charge on any atom is 0.251 e. The predicted octanol–water partition coefficient (Wildman–Crippen LogP) is 2.52. The van der Waals surface area contributed by atoms with Crippen LogP contribution in [-0.4, -0.2) is 13.0 Å². The van der Waals surface area contributed by atoms with Gasteiger partial charge in [0.25, 0.3) is 5.91 Å². The van der Waals surface area contributed by atoms with Gasteiger partial charge < -0.3 is 14.8 Å². The van der Waals surface area contributed by atoms with Gasteiger partial charge in [0.1, 0.15) is 18.1 Å². The minimum absolute atomic E-state index is 0.0145. The molecule has 0 aromatic heterocycles. The smallest absolute Gasteiger partial charge is 0.251 e. The van der Waals surface area contributed by atoms with Crippen LogP contribution in [0.5, 0.6) is 11.5 Å². The number of ether oxygens (including phenoxy) is 2. The number of amides is 1. The number of carbonyl (C=O) groups excluding carboxylic acids is 1. The zero-order chi connectivity index (χ0) is 13.9. The molecule has 1 heterocycles. The summed E-state index contributed by atoms with van der Waals surface area (Å²) in [6.07, 6.45) is 0. The Morgan fingerprint density at radius 3 is 2.90 bits per heavy atom. The molecule has 0 unspecified atom stereocenters. The third kappa shape index (κ3) is 2.45. The highest BCUT2D eigenvalue weighted by molar-refractivity contribution is 5.98. The van der Waals surface area contributed by atoms with Gasteiger partial charge in [-0.05, 0) is 41.5 Å². The Hall–Kier alpha value is -2.49. The van der Waals surface area contributed by atoms with Gasteiger partial charge in [-0.2, -0.15) is 0 Å². The second kappa shape index (κ2) is 5.25. The van der Waals surface area contributed by atoms with Crippen LogP contribution in [0.25, 0.3) is 0 Å². The molecule has 0 saturated carbocycles. The molecule has 2 aromatic carbocycles. The standard InChI is InChI=1S/C16H15NO3/c1-19-13-4-2-3-11(7-13)10-20-14-5-6-15-12(8-14)9-17-16(15)18/h2-8H,9-10H2,1H3,(H,17,18). The Kier molecular flexibility index (Phi) is 3.29. The van der Waals surface area contributed by atoms with Crippen molar-refractivity contribution in [1.29, 1.82) is 0 Å². The molecular formula is C16H15NO3. The topological polar surface area (TPSA) is 47.6 Å². The predicted molar refractivity (Wildman–Crippen MR) is 74.9 cm³/mol. The van der Waals surface area contributed by atoms with Crippen LogP contribution in [0.1, 0.15) is 21.5 Å². The quantitative estimate of drug-likeness (QED) is 0.927. The van der Waals surface area contributed by atoms with Gasteiger partial charge in [-0.15, -0.1) is 0 Å². The highest BCUT2D eigenvalue weighted by Crippen LogP contribution is 2.23. The summed E-state index contributed by atoms with van der Waals surface area (Å²) >= 11 is 0. The van der Waals surface area contributed by atoms with Crippen molar-refractivity contribution in [2.75, 3.05) is 7.11 Å². The molecule has 0 bridgehead atoms. The van der Waals surface area contributed by atoms with E-state index in [1.54, 1.807) is 13.2 Å². The summed E-state index contributed by atoms with van der Waals surface area (Å²) in [5.74, 6) is 1.57. The first kappa shape index (κ1) is 12.5. The van der Waals surface area contributed by atoms with E-state index in [4.69, 9.17) is 9.47 Å². The van der Waals surface area contributed by atoms with Gasteiger partial charge in [0, 0.05) is 12.1 Å². The van der Waals surface area contributed by atoms with Gasteiger partial charge in [0.05, 0.1) is 7.11 Å². The molecule has 0 atom stereocenters. The minimum atomic E-state index is -0.0145. The van der Waals surface area contributed by atoms with Crippen LogP contribution in [0, 0.1) is 0 Å². The molecule has 4 nitrogen and oxygen atoms in total. The van der Waals surface area contributed by atoms with Crippen molar-refractivity contribution in [2.24, 2.45) is 0 Å². The molecule has 20 heavy (non-hydrogen) atoms. The third-order valence-corrected chi connectivity index (χ3v) is 3.30. The summed E-state index contributed by atoms with van der Waals surface area (Å²) in [5, 5.41) is 2.79. The van der Waals surface area contributed by atoms with Crippen LogP contribution in [0.4, 0.5) is 0 Å². The van der Waals surface area contributed by atoms with E-state index >= 15 is 0 Å². The molecule has 2 aromatic rings. The molecule has 3 rings (SSSR count). The first-order valence-corrected chi connectivity index (χ1v) is 6.43. The van der Waals surface area contributed by atoms with Crippen molar-refractivity contribution >= 4 is 5.91 Å². The van der Waals surface area contributed by atoms with Gasteiger partial charge in [-0.3, -0.25) is 4.79 Å². The zero-order valence-electron chi connectivity index (χ0n) is 11.2. The molecule has 1 amide bonds. The molecule has 1 aliphatic rings. The van der Waals surface area contributed by atoms with Crippen molar-refractivity contribution in [3.63, 3.8) is 0 Å². The fourth-order valence-electron chi connectivity index (χ4n) is 2.23. The Bertz CT molecular complexity index is 652. The zero-order valence-corrected chi connectivity index (χ0v) is 11.2. The highest BCUT2D eigenvalue weighted by Gasteiger charge is 2.18. The van der Waals surface area contributed by atoms with Crippen LogP contribution in [0.15, 0.2) is 42.5 Å². The molecule has 1 aliphatic heterocycles. The van der Waals surface area contributed by atoms with Crippen LogP contribution in [0.2, 0.25) is 0 Å². The van der Waals surface area contributed by atoms with Gasteiger partial charge in [0.2, 0.25) is 0 Å². The van der Waals surface area contributed by atoms with E-state index in [0.717, 1.165) is 28.2 Å². The summed E-state index contributed by atoms with van der Waals surface area (Å²) in [6.45, 7) is 1.04. The molecule has 0 aliphatic carbocycles. The average Bonchev–Trinajstić information content (AvgIpc) is 2.86. The number of carbonyl (C=O) groups is 1. The monoisotopic (exact) mass is 269 g/mol. The van der Waals surface area contributed by atoms with E-state index in [9.17, 15) is 4.79 Å². The number of nitrogens with one attached hydrogen (secondary N) is 1. The fraction of sp³-hybridized carbons (Fsp3) is 0.188. The van der Waals surface area contributed by atoms with Gasteiger partial charge >= 0.3 is 0 Å². The van der Waals surface area contributed by atoms with E-state index in [1.165, 1.54) is 0 Å². The molecule has 0 radical (unpaired) electrons. The molecule has 4 heteroatoms. The summed E-state index contributed by atoms with van der Waals surface area (Å²) < 4.78 is 10.9. The second-order valence-electron chi connectivity index (χ2n) is 4.64. The fourth-order valence-corrected chi connectivity index (χ4v) is 2.23. The SMILES string of the molecule is COc1cccc(COc2ccc3c(c2)CNC3=O)c1. The van der Waals surface area contributed by atoms with E-state index in [0.29, 0.717) is 13.2 Å². The molecule has 1 N–H and O–H groups in total. The lowest BCUT2D eigenvalue weighted by atomic mass is 10.1. The summed E-state index contributed by atoms with van der Waals surface area (Å²) in [5.41, 5.74) is 2.76. The Labute approximate surface area is 117 Å². The highest BCUT2D eigenvalue weighted by atomic mass is 16.5. The number of benzene rings is 2. The lowest BCUT2D eigenvalue weighted by Crippen LogP contribution is -2.12. The largest absolute Gasteiger partial charge is 0.497 e. The first-order chi connectivity index (χ1) is 9.76. The van der Waals surface area contributed by atoms with E-state index in [-0.39, 0.29) is 5.91 Å². The average molecular weight is 269 g/mol. The number of rotatable bonds is 4. The summed E-state index contributed by atoms with van der Waals surface area (Å²) in [4.78, 5) is 11.5. The normalized spacial score (nSPS) is 12.8. The van der Waals surface area contributed by atoms with Crippen LogP contribution >= 0.6 is 0 Å². The third-order valence-electron chi connectivity index (χ3n) is 3.30. The van der Waals surface area contributed by atoms with Crippen molar-refractivity contribution in [3.05, 3.63) is 59.2 Å². The van der Waals surface area contributed by atoms with E-state index < -0.39 is 0 Å². The maximum absolute atomic E-state index is 11.5. The minimum Gasteiger partial charge on any atom is -0.497 e. The van der Waals surface area contributed by atoms with E-state index in [1.807, 2.05) is 36.4 Å². The van der Waals surface area contributed by atoms with Crippen molar-refractivity contribution in [2.45, 2.75) is 13.2 Å². The van der Waals surface area contributed by atoms with Gasteiger partial charge in [-0.25, -0.2) is 0 Å². The van der Waals surface area contributed by atoms with Crippen LogP contribution in [0.3, 0.4) is 0 Å². The summed E-state index contributed by atoms with van der Waals surface area (Å²) in [7, 11) is 1.64. The Morgan fingerprint density at radius 1 is 1.15 bits per heavy atom. The Morgan fingerprint density at radius 2 is 2.05 bits per heavy atom. The first-order valence-electron chi connectivity index (χ1n) is 6.43. The molecule has 102 valence electrons. The number of methoxy groups -OCH3 is 1. The van der Waals surface area contributed by atoms with E-state index in [2.05, 4.69) is 5.32 Å². The van der Waals surface area contributed by atoms with Crippen molar-refractivity contribution in [1.82, 2.24) is 5.32 Å². The van der Waals surface area contributed by atoms with Crippen LogP contribution in [-0.2, 0) is 13.2 Å². The van der Waals surface area contributed by atoms with Crippen LogP contribution < -0.4 is 14.8 Å². The lowest BCUT2D eigenvalue weighted by Gasteiger charge is -2.08. The lowest BCUT2D eigenvalue weighted by molar-refractivity contribution is 0.0966. The second-order valence-corrected chi connectivity index (χ2v) is 4.64. The van der Waals surface area contributed by atoms with Crippen molar-refractivity contribution in [3.8, 4) is 11.5 Å². The summed E-state index contributed by atoms with van der Waals surface area (Å²) in [6, 6.07) is 13.3. The molecule has 0 spiro atoms.